The molecule has 0 fully saturated rings. The lowest BCUT2D eigenvalue weighted by Crippen LogP contribution is -1.86. The third kappa shape index (κ3) is 0.839. The van der Waals surface area contributed by atoms with Crippen LogP contribution in [0.2, 0.25) is 0 Å². The van der Waals surface area contributed by atoms with Crippen molar-refractivity contribution in [3.63, 3.8) is 0 Å². The van der Waals surface area contributed by atoms with Crippen molar-refractivity contribution < 1.29 is 4.42 Å². The molecule has 0 saturated carbocycles. The molecule has 3 nitrogen and oxygen atoms in total. The molecule has 2 aromatic rings. The fraction of sp³-hybridized carbons (Fsp3) is 0.182. The molecule has 0 amide bonds. The third-order valence-electron chi connectivity index (χ3n) is 2.77. The number of allylic oxidation sites excluding steroid dienone is 1. The van der Waals surface area contributed by atoms with E-state index in [-0.39, 0.29) is 0 Å². The van der Waals surface area contributed by atoms with Crippen LogP contribution >= 0.6 is 0 Å². The summed E-state index contributed by atoms with van der Waals surface area (Å²) in [7, 11) is 0. The molecule has 0 aliphatic heterocycles. The summed E-state index contributed by atoms with van der Waals surface area (Å²) < 4.78 is 5.39. The van der Waals surface area contributed by atoms with Crippen molar-refractivity contribution in [1.82, 2.24) is 4.98 Å². The van der Waals surface area contributed by atoms with Crippen molar-refractivity contribution in [1.29, 1.82) is 0 Å². The SMILES string of the molecule is N/C=C1\CCc2ccc3ncoc3c21. The molecule has 3 heteroatoms. The van der Waals surface area contributed by atoms with Gasteiger partial charge in [-0.15, -0.1) is 0 Å². The molecule has 1 aliphatic carbocycles. The van der Waals surface area contributed by atoms with E-state index in [1.165, 1.54) is 17.5 Å². The summed E-state index contributed by atoms with van der Waals surface area (Å²) in [6.07, 6.45) is 5.21. The summed E-state index contributed by atoms with van der Waals surface area (Å²) in [5.74, 6) is 0. The number of nitrogens with zero attached hydrogens (tertiary/aromatic N) is 1. The minimum absolute atomic E-state index is 0.872. The van der Waals surface area contributed by atoms with Gasteiger partial charge in [-0.1, -0.05) is 6.07 Å². The molecular formula is C11H10N2O. The summed E-state index contributed by atoms with van der Waals surface area (Å²) >= 11 is 0. The summed E-state index contributed by atoms with van der Waals surface area (Å²) in [5, 5.41) is 0. The zero-order valence-electron chi connectivity index (χ0n) is 7.66. The second-order valence-corrected chi connectivity index (χ2v) is 3.49. The monoisotopic (exact) mass is 186 g/mol. The van der Waals surface area contributed by atoms with Gasteiger partial charge < -0.3 is 10.2 Å². The molecule has 1 aromatic carbocycles. The maximum absolute atomic E-state index is 5.58. The summed E-state index contributed by atoms with van der Waals surface area (Å²) in [6.45, 7) is 0. The van der Waals surface area contributed by atoms with E-state index in [1.54, 1.807) is 6.20 Å². The average molecular weight is 186 g/mol. The second-order valence-electron chi connectivity index (χ2n) is 3.49. The molecular weight excluding hydrogens is 176 g/mol. The lowest BCUT2D eigenvalue weighted by Gasteiger charge is -1.99. The molecule has 0 atom stereocenters. The van der Waals surface area contributed by atoms with Crippen molar-refractivity contribution in [2.75, 3.05) is 0 Å². The Kier molecular flexibility index (Phi) is 1.42. The van der Waals surface area contributed by atoms with Gasteiger partial charge in [-0.25, -0.2) is 4.98 Å². The number of hydrogen-bond donors (Lipinski definition) is 1. The van der Waals surface area contributed by atoms with E-state index in [0.29, 0.717) is 0 Å². The fourth-order valence-electron chi connectivity index (χ4n) is 2.09. The van der Waals surface area contributed by atoms with Gasteiger partial charge in [-0.2, -0.15) is 0 Å². The van der Waals surface area contributed by atoms with Gasteiger partial charge >= 0.3 is 0 Å². The lowest BCUT2D eigenvalue weighted by molar-refractivity contribution is 0.601. The highest BCUT2D eigenvalue weighted by Crippen LogP contribution is 2.36. The van der Waals surface area contributed by atoms with Crippen LogP contribution in [-0.4, -0.2) is 4.98 Å². The molecule has 1 aromatic heterocycles. The van der Waals surface area contributed by atoms with E-state index in [4.69, 9.17) is 10.2 Å². The molecule has 0 spiro atoms. The molecule has 0 unspecified atom stereocenters. The number of oxazole rings is 1. The van der Waals surface area contributed by atoms with Gasteiger partial charge in [-0.05, 0) is 36.2 Å². The van der Waals surface area contributed by atoms with Gasteiger partial charge in [0, 0.05) is 5.56 Å². The predicted octanol–water partition coefficient (Wildman–Crippen LogP) is 2.07. The maximum atomic E-state index is 5.58. The van der Waals surface area contributed by atoms with Gasteiger partial charge in [0.15, 0.2) is 12.0 Å². The van der Waals surface area contributed by atoms with Crippen molar-refractivity contribution in [3.05, 3.63) is 35.9 Å². The summed E-state index contributed by atoms with van der Waals surface area (Å²) in [4.78, 5) is 4.13. The Morgan fingerprint density at radius 3 is 3.14 bits per heavy atom. The largest absolute Gasteiger partial charge is 0.443 e. The van der Waals surface area contributed by atoms with E-state index >= 15 is 0 Å². The summed E-state index contributed by atoms with van der Waals surface area (Å²) in [6, 6.07) is 4.10. The number of aromatic nitrogens is 1. The van der Waals surface area contributed by atoms with Crippen LogP contribution in [0.1, 0.15) is 17.5 Å². The standard InChI is InChI=1S/C11H10N2O/c12-5-8-2-1-7-3-4-9-11(10(7)8)14-6-13-9/h3-6H,1-2,12H2/b8-5+. The van der Waals surface area contributed by atoms with Gasteiger partial charge in [-0.3, -0.25) is 0 Å². The second kappa shape index (κ2) is 2.61. The summed E-state index contributed by atoms with van der Waals surface area (Å²) in [5.41, 5.74) is 11.0. The van der Waals surface area contributed by atoms with Crippen LogP contribution in [0.5, 0.6) is 0 Å². The van der Waals surface area contributed by atoms with E-state index in [1.807, 2.05) is 6.07 Å². The Balaban J connectivity index is 2.43. The number of nitrogens with two attached hydrogens (primary N) is 1. The number of fused-ring (bicyclic) bond motifs is 3. The highest BCUT2D eigenvalue weighted by atomic mass is 16.3. The Bertz CT molecular complexity index is 525. The normalized spacial score (nSPS) is 17.9. The topological polar surface area (TPSA) is 52.0 Å². The predicted molar refractivity (Wildman–Crippen MR) is 54.5 cm³/mol. The molecule has 1 heterocycles. The molecule has 14 heavy (non-hydrogen) atoms. The average Bonchev–Trinajstić information content (AvgIpc) is 2.82. The van der Waals surface area contributed by atoms with Crippen LogP contribution in [0.25, 0.3) is 16.7 Å². The lowest BCUT2D eigenvalue weighted by atomic mass is 10.1. The van der Waals surface area contributed by atoms with Crippen molar-refractivity contribution in [2.45, 2.75) is 12.8 Å². The van der Waals surface area contributed by atoms with Gasteiger partial charge in [0.1, 0.15) is 5.52 Å². The van der Waals surface area contributed by atoms with Crippen LogP contribution in [0.4, 0.5) is 0 Å². The first-order valence-corrected chi connectivity index (χ1v) is 4.66. The molecule has 2 N–H and O–H groups in total. The van der Waals surface area contributed by atoms with Crippen molar-refractivity contribution in [2.24, 2.45) is 5.73 Å². The Morgan fingerprint density at radius 1 is 1.36 bits per heavy atom. The maximum Gasteiger partial charge on any atom is 0.182 e. The number of aryl methyl sites for hydroxylation is 1. The third-order valence-corrected chi connectivity index (χ3v) is 2.77. The van der Waals surface area contributed by atoms with Crippen molar-refractivity contribution >= 4 is 16.7 Å². The highest BCUT2D eigenvalue weighted by molar-refractivity contribution is 5.91. The minimum Gasteiger partial charge on any atom is -0.443 e. The molecule has 0 bridgehead atoms. The zero-order chi connectivity index (χ0) is 9.54. The van der Waals surface area contributed by atoms with Crippen LogP contribution in [0.15, 0.2) is 29.1 Å². The van der Waals surface area contributed by atoms with E-state index in [0.717, 1.165) is 29.5 Å². The first-order chi connectivity index (χ1) is 6.90. The van der Waals surface area contributed by atoms with E-state index in [9.17, 15) is 0 Å². The van der Waals surface area contributed by atoms with E-state index in [2.05, 4.69) is 11.1 Å². The van der Waals surface area contributed by atoms with Crippen LogP contribution in [-0.2, 0) is 6.42 Å². The molecule has 0 saturated heterocycles. The quantitative estimate of drug-likeness (QED) is 0.685. The molecule has 0 radical (unpaired) electrons. The van der Waals surface area contributed by atoms with Gasteiger partial charge in [0.25, 0.3) is 0 Å². The van der Waals surface area contributed by atoms with Crippen LogP contribution in [0.3, 0.4) is 0 Å². The van der Waals surface area contributed by atoms with Crippen LogP contribution < -0.4 is 5.73 Å². The zero-order valence-corrected chi connectivity index (χ0v) is 7.66. The van der Waals surface area contributed by atoms with Gasteiger partial charge in [0.2, 0.25) is 0 Å². The number of rotatable bonds is 0. The number of benzene rings is 1. The molecule has 3 rings (SSSR count). The molecule has 1 aliphatic rings. The Labute approximate surface area is 81.2 Å². The van der Waals surface area contributed by atoms with Crippen molar-refractivity contribution in [3.8, 4) is 0 Å². The Hall–Kier alpha value is -1.77. The number of hydrogen-bond acceptors (Lipinski definition) is 3. The highest BCUT2D eigenvalue weighted by Gasteiger charge is 2.20. The van der Waals surface area contributed by atoms with E-state index < -0.39 is 0 Å². The molecule has 70 valence electrons. The smallest absolute Gasteiger partial charge is 0.182 e. The Morgan fingerprint density at radius 2 is 2.29 bits per heavy atom. The minimum atomic E-state index is 0.872. The first kappa shape index (κ1) is 7.62. The fourth-order valence-corrected chi connectivity index (χ4v) is 2.09. The van der Waals surface area contributed by atoms with Crippen LogP contribution in [0, 0.1) is 0 Å². The van der Waals surface area contributed by atoms with Gasteiger partial charge in [0.05, 0.1) is 0 Å². The first-order valence-electron chi connectivity index (χ1n) is 4.66.